The highest BCUT2D eigenvalue weighted by Crippen LogP contribution is 2.44. The maximum Gasteiger partial charge on any atom is 0.416 e. The van der Waals surface area contributed by atoms with Crippen LogP contribution < -0.4 is 21.5 Å². The lowest BCUT2D eigenvalue weighted by atomic mass is 9.67. The number of aromatic amines is 1. The highest BCUT2D eigenvalue weighted by atomic mass is 19.4. The minimum Gasteiger partial charge on any atom is -0.385 e. The smallest absolute Gasteiger partial charge is 0.385 e. The fourth-order valence-corrected chi connectivity index (χ4v) is 5.79. The molecule has 2 heterocycles. The molecule has 2 fully saturated rings. The van der Waals surface area contributed by atoms with Crippen LogP contribution in [0.2, 0.25) is 0 Å². The van der Waals surface area contributed by atoms with Gasteiger partial charge >= 0.3 is 6.18 Å². The molecule has 1 saturated carbocycles. The maximum atomic E-state index is 13.1. The number of benzene rings is 1. The molecule has 0 unspecified atom stereocenters. The van der Waals surface area contributed by atoms with Crippen LogP contribution in [0, 0.1) is 5.92 Å². The summed E-state index contributed by atoms with van der Waals surface area (Å²) < 4.78 is 45.0. The summed E-state index contributed by atoms with van der Waals surface area (Å²) in [5.41, 5.74) is -2.88. The standard InChI is InChI=1S/C27H33F3N4O5/c1-2-39-21-14-31-16-26(21,18-6-9-25(38,10-7-18)19-8-11-32-22(35)13-19)34-23(36)15-33-24(37)17-4-3-5-20(12-17)27(28,29)30/h3-5,8,11-13,18,21,31,38H,2,6-7,9-10,14-16H2,1H3,(H,32,35)(H,33,37)(H,34,36)/t18?,21-,25?,26+/m0/s1. The van der Waals surface area contributed by atoms with E-state index in [1.165, 1.54) is 18.3 Å². The van der Waals surface area contributed by atoms with E-state index in [4.69, 9.17) is 4.74 Å². The van der Waals surface area contributed by atoms with Crippen molar-refractivity contribution in [1.29, 1.82) is 0 Å². The molecule has 0 spiro atoms. The Morgan fingerprint density at radius 1 is 1.18 bits per heavy atom. The van der Waals surface area contributed by atoms with E-state index in [1.807, 2.05) is 6.92 Å². The van der Waals surface area contributed by atoms with Crippen molar-refractivity contribution < 1.29 is 32.6 Å². The van der Waals surface area contributed by atoms with Gasteiger partial charge in [0.15, 0.2) is 0 Å². The number of hydrogen-bond donors (Lipinski definition) is 5. The molecule has 212 valence electrons. The number of ether oxygens (including phenoxy) is 1. The molecular formula is C27H33F3N4O5. The van der Waals surface area contributed by atoms with Crippen molar-refractivity contribution in [3.63, 3.8) is 0 Å². The van der Waals surface area contributed by atoms with E-state index >= 15 is 0 Å². The largest absolute Gasteiger partial charge is 0.416 e. The number of aromatic nitrogens is 1. The molecule has 1 aliphatic carbocycles. The fourth-order valence-electron chi connectivity index (χ4n) is 5.79. The van der Waals surface area contributed by atoms with Crippen LogP contribution in [-0.2, 0) is 21.3 Å². The minimum absolute atomic E-state index is 0.0746. The first-order chi connectivity index (χ1) is 18.5. The van der Waals surface area contributed by atoms with Crippen LogP contribution in [0.15, 0.2) is 47.4 Å². The van der Waals surface area contributed by atoms with Crippen LogP contribution in [0.1, 0.15) is 54.1 Å². The zero-order valence-electron chi connectivity index (χ0n) is 21.6. The Bertz CT molecular complexity index is 1240. The predicted molar refractivity (Wildman–Crippen MR) is 136 cm³/mol. The second-order valence-electron chi connectivity index (χ2n) is 10.2. The quantitative estimate of drug-likeness (QED) is 0.342. The van der Waals surface area contributed by atoms with Crippen LogP contribution >= 0.6 is 0 Å². The zero-order valence-corrected chi connectivity index (χ0v) is 21.6. The summed E-state index contributed by atoms with van der Waals surface area (Å²) in [4.78, 5) is 39.9. The van der Waals surface area contributed by atoms with Crippen LogP contribution in [0.25, 0.3) is 0 Å². The Labute approximate surface area is 223 Å². The van der Waals surface area contributed by atoms with Crippen molar-refractivity contribution in [2.45, 2.75) is 56.0 Å². The average molecular weight is 551 g/mol. The second-order valence-corrected chi connectivity index (χ2v) is 10.2. The van der Waals surface area contributed by atoms with Gasteiger partial charge in [-0.05, 0) is 68.4 Å². The van der Waals surface area contributed by atoms with E-state index in [-0.39, 0.29) is 23.1 Å². The van der Waals surface area contributed by atoms with Crippen molar-refractivity contribution in [2.24, 2.45) is 5.92 Å². The Morgan fingerprint density at radius 3 is 2.59 bits per heavy atom. The third kappa shape index (κ3) is 6.34. The van der Waals surface area contributed by atoms with Crippen LogP contribution in [0.4, 0.5) is 13.2 Å². The number of H-pyrrole nitrogens is 1. The molecular weight excluding hydrogens is 517 g/mol. The summed E-state index contributed by atoms with van der Waals surface area (Å²) in [6, 6.07) is 7.08. The molecule has 12 heteroatoms. The Hall–Kier alpha value is -3.22. The normalized spacial score (nSPS) is 27.2. The lowest BCUT2D eigenvalue weighted by Crippen LogP contribution is -2.64. The predicted octanol–water partition coefficient (Wildman–Crippen LogP) is 2.06. The maximum absolute atomic E-state index is 13.1. The number of hydrogen-bond acceptors (Lipinski definition) is 6. The Morgan fingerprint density at radius 2 is 1.92 bits per heavy atom. The monoisotopic (exact) mass is 550 g/mol. The van der Waals surface area contributed by atoms with E-state index in [9.17, 15) is 32.7 Å². The van der Waals surface area contributed by atoms with E-state index in [0.717, 1.165) is 18.2 Å². The number of aliphatic hydroxyl groups is 1. The molecule has 39 heavy (non-hydrogen) atoms. The molecule has 0 bridgehead atoms. The van der Waals surface area contributed by atoms with Gasteiger partial charge in [-0.25, -0.2) is 0 Å². The van der Waals surface area contributed by atoms with Gasteiger partial charge in [0, 0.05) is 37.5 Å². The van der Waals surface area contributed by atoms with Gasteiger partial charge in [-0.15, -0.1) is 0 Å². The number of halogens is 3. The minimum atomic E-state index is -4.59. The summed E-state index contributed by atoms with van der Waals surface area (Å²) in [6.45, 7) is 2.75. The number of alkyl halides is 3. The van der Waals surface area contributed by atoms with E-state index < -0.39 is 41.2 Å². The lowest BCUT2D eigenvalue weighted by Gasteiger charge is -2.47. The summed E-state index contributed by atoms with van der Waals surface area (Å²) >= 11 is 0. The fraction of sp³-hybridized carbons (Fsp3) is 0.519. The molecule has 9 nitrogen and oxygen atoms in total. The lowest BCUT2D eigenvalue weighted by molar-refractivity contribution is -0.137. The van der Waals surface area contributed by atoms with Crippen molar-refractivity contribution in [1.82, 2.24) is 20.9 Å². The van der Waals surface area contributed by atoms with Gasteiger partial charge in [-0.3, -0.25) is 14.4 Å². The zero-order chi connectivity index (χ0) is 28.3. The van der Waals surface area contributed by atoms with Gasteiger partial charge < -0.3 is 30.8 Å². The first kappa shape index (κ1) is 28.8. The number of carbonyl (C=O) groups is 2. The SMILES string of the molecule is CCO[C@H]1CNC[C@@]1(NC(=O)CNC(=O)c1cccc(C(F)(F)F)c1)C1CCC(O)(c2cc[nH]c(=O)c2)CC1. The molecule has 2 amide bonds. The first-order valence-electron chi connectivity index (χ1n) is 13.0. The first-order valence-corrected chi connectivity index (χ1v) is 13.0. The molecule has 4 rings (SSSR count). The molecule has 2 atom stereocenters. The van der Waals surface area contributed by atoms with Crippen LogP contribution in [0.5, 0.6) is 0 Å². The number of pyridine rings is 1. The highest BCUT2D eigenvalue weighted by molar-refractivity contribution is 5.96. The molecule has 0 radical (unpaired) electrons. The molecule has 1 aromatic heterocycles. The van der Waals surface area contributed by atoms with Crippen molar-refractivity contribution in [3.8, 4) is 0 Å². The second kappa shape index (κ2) is 11.5. The van der Waals surface area contributed by atoms with E-state index in [0.29, 0.717) is 50.9 Å². The van der Waals surface area contributed by atoms with Gasteiger partial charge in [0.1, 0.15) is 0 Å². The molecule has 5 N–H and O–H groups in total. The van der Waals surface area contributed by atoms with Crippen molar-refractivity contribution >= 4 is 11.8 Å². The summed E-state index contributed by atoms with van der Waals surface area (Å²) in [7, 11) is 0. The number of rotatable bonds is 8. The van der Waals surface area contributed by atoms with Crippen molar-refractivity contribution in [2.75, 3.05) is 26.2 Å². The number of carbonyl (C=O) groups excluding carboxylic acids is 2. The van der Waals surface area contributed by atoms with Gasteiger partial charge in [0.25, 0.3) is 5.91 Å². The molecule has 2 aromatic rings. The average Bonchev–Trinajstić information content (AvgIpc) is 3.30. The third-order valence-corrected chi connectivity index (χ3v) is 7.78. The summed E-state index contributed by atoms with van der Waals surface area (Å²) in [5, 5.41) is 20.0. The van der Waals surface area contributed by atoms with Gasteiger partial charge in [0.05, 0.1) is 29.4 Å². The number of amides is 2. The van der Waals surface area contributed by atoms with Gasteiger partial charge in [0.2, 0.25) is 11.5 Å². The van der Waals surface area contributed by atoms with Crippen molar-refractivity contribution in [3.05, 3.63) is 69.6 Å². The highest BCUT2D eigenvalue weighted by Gasteiger charge is 2.52. The topological polar surface area (TPSA) is 133 Å². The Balaban J connectivity index is 1.45. The van der Waals surface area contributed by atoms with Crippen LogP contribution in [-0.4, -0.2) is 59.8 Å². The molecule has 1 aliphatic heterocycles. The van der Waals surface area contributed by atoms with Gasteiger partial charge in [-0.2, -0.15) is 13.2 Å². The van der Waals surface area contributed by atoms with E-state index in [2.05, 4.69) is 20.9 Å². The summed E-state index contributed by atoms with van der Waals surface area (Å²) in [6.07, 6.45) is -1.60. The van der Waals surface area contributed by atoms with Crippen LogP contribution in [0.3, 0.4) is 0 Å². The van der Waals surface area contributed by atoms with E-state index in [1.54, 1.807) is 6.07 Å². The molecule has 1 aromatic carbocycles. The van der Waals surface area contributed by atoms with Gasteiger partial charge in [-0.1, -0.05) is 6.07 Å². The number of nitrogens with one attached hydrogen (secondary N) is 4. The molecule has 1 saturated heterocycles. The third-order valence-electron chi connectivity index (χ3n) is 7.78. The Kier molecular flexibility index (Phi) is 8.48. The molecule has 2 aliphatic rings. The summed E-state index contributed by atoms with van der Waals surface area (Å²) in [5.74, 6) is -1.37.